The number of tetrazole rings is 1. The summed E-state index contributed by atoms with van der Waals surface area (Å²) in [5, 5.41) is 14.8. The van der Waals surface area contributed by atoms with Crippen LogP contribution in [0, 0.1) is 0 Å². The molecule has 0 saturated carbocycles. The monoisotopic (exact) mass is 480 g/mol. The number of carbonyl (C=O) groups excluding carboxylic acids is 2. The molecule has 5 rings (SSSR count). The third-order valence-corrected chi connectivity index (χ3v) is 6.82. The Hall–Kier alpha value is -3.51. The number of benzene rings is 1. The maximum atomic E-state index is 13.2. The number of nitrogens with one attached hydrogen (secondary N) is 1. The molecule has 1 atom stereocenters. The number of carbonyl (C=O) groups is 2. The third kappa shape index (κ3) is 4.73. The minimum absolute atomic E-state index is 0.0746. The fraction of sp³-hybridized carbons (Fsp3) is 0.364. The van der Waals surface area contributed by atoms with E-state index in [1.807, 2.05) is 36.4 Å². The zero-order chi connectivity index (χ0) is 23.5. The van der Waals surface area contributed by atoms with E-state index in [1.165, 1.54) is 16.6 Å². The van der Waals surface area contributed by atoms with Crippen LogP contribution < -0.4 is 15.1 Å². The van der Waals surface area contributed by atoms with Crippen LogP contribution in [0.1, 0.15) is 16.2 Å². The number of thioether (sulfide) groups is 1. The maximum Gasteiger partial charge on any atom is 0.293 e. The fourth-order valence-electron chi connectivity index (χ4n) is 3.83. The normalized spacial score (nSPS) is 18.4. The van der Waals surface area contributed by atoms with Crippen molar-refractivity contribution in [2.75, 3.05) is 48.9 Å². The van der Waals surface area contributed by atoms with Crippen molar-refractivity contribution in [2.24, 2.45) is 0 Å². The predicted molar refractivity (Wildman–Crippen MR) is 126 cm³/mol. The van der Waals surface area contributed by atoms with Gasteiger partial charge in [-0.1, -0.05) is 30.3 Å². The van der Waals surface area contributed by atoms with Gasteiger partial charge in [0, 0.05) is 43.0 Å². The predicted octanol–water partition coefficient (Wildman–Crippen LogP) is 0.820. The number of morpholine rings is 1. The topological polar surface area (TPSA) is 118 Å². The van der Waals surface area contributed by atoms with Crippen molar-refractivity contribution < 1.29 is 14.3 Å². The molecule has 1 aromatic carbocycles. The minimum atomic E-state index is -0.734. The lowest BCUT2D eigenvalue weighted by molar-refractivity contribution is -0.119. The molecule has 12 heteroatoms. The van der Waals surface area contributed by atoms with Crippen molar-refractivity contribution >= 4 is 35.1 Å². The summed E-state index contributed by atoms with van der Waals surface area (Å²) in [5.41, 5.74) is 1.77. The quantitative estimate of drug-likeness (QED) is 0.566. The molecule has 0 bridgehead atoms. The molecule has 1 fully saturated rings. The van der Waals surface area contributed by atoms with Crippen molar-refractivity contribution in [1.29, 1.82) is 0 Å². The number of amides is 2. The lowest BCUT2D eigenvalue weighted by Crippen LogP contribution is -2.48. The second-order valence-electron chi connectivity index (χ2n) is 7.97. The lowest BCUT2D eigenvalue weighted by Gasteiger charge is -2.29. The molecule has 2 amide bonds. The standard InChI is InChI=1S/C22H24N8O3S/c1-28-17-11-19(29-7-9-33-10-8-29)23-12-18(17)34-14-16(22(28)32)24-21(31)20-25-27-30(26-20)13-15-5-3-2-4-6-15/h2-6,11-12,16H,7-10,13-14H2,1H3,(H,24,31)/t16-/m0/s1. The highest BCUT2D eigenvalue weighted by Crippen LogP contribution is 2.35. The molecule has 34 heavy (non-hydrogen) atoms. The van der Waals surface area contributed by atoms with Gasteiger partial charge in [-0.25, -0.2) is 4.98 Å². The highest BCUT2D eigenvalue weighted by Gasteiger charge is 2.32. The number of rotatable bonds is 5. The van der Waals surface area contributed by atoms with Gasteiger partial charge in [0.05, 0.1) is 25.4 Å². The zero-order valence-electron chi connectivity index (χ0n) is 18.6. The van der Waals surface area contributed by atoms with E-state index in [0.717, 1.165) is 35.1 Å². The summed E-state index contributed by atoms with van der Waals surface area (Å²) in [6.07, 6.45) is 1.79. The average Bonchev–Trinajstić information content (AvgIpc) is 3.31. The van der Waals surface area contributed by atoms with Crippen molar-refractivity contribution in [3.63, 3.8) is 0 Å². The van der Waals surface area contributed by atoms with Gasteiger partial charge in [0.2, 0.25) is 5.91 Å². The summed E-state index contributed by atoms with van der Waals surface area (Å²) >= 11 is 1.48. The molecule has 0 unspecified atom stereocenters. The Bertz CT molecular complexity index is 1180. The molecule has 2 aromatic heterocycles. The molecule has 4 heterocycles. The van der Waals surface area contributed by atoms with Crippen LogP contribution in [0.25, 0.3) is 0 Å². The summed E-state index contributed by atoms with van der Waals surface area (Å²) in [4.78, 5) is 36.5. The van der Waals surface area contributed by atoms with Crippen molar-refractivity contribution in [1.82, 2.24) is 30.5 Å². The third-order valence-electron chi connectivity index (χ3n) is 5.69. The van der Waals surface area contributed by atoms with Gasteiger partial charge in [-0.2, -0.15) is 4.80 Å². The second-order valence-corrected chi connectivity index (χ2v) is 9.03. The van der Waals surface area contributed by atoms with Gasteiger partial charge in [-0.05, 0) is 10.8 Å². The van der Waals surface area contributed by atoms with Gasteiger partial charge in [-0.3, -0.25) is 9.59 Å². The van der Waals surface area contributed by atoms with Gasteiger partial charge in [0.25, 0.3) is 11.7 Å². The van der Waals surface area contributed by atoms with Crippen LogP contribution >= 0.6 is 11.8 Å². The van der Waals surface area contributed by atoms with Gasteiger partial charge < -0.3 is 19.9 Å². The van der Waals surface area contributed by atoms with E-state index in [1.54, 1.807) is 18.1 Å². The van der Waals surface area contributed by atoms with E-state index in [0.29, 0.717) is 25.5 Å². The molecule has 3 aromatic rings. The van der Waals surface area contributed by atoms with Crippen LogP contribution in [-0.2, 0) is 16.1 Å². The summed E-state index contributed by atoms with van der Waals surface area (Å²) in [7, 11) is 1.71. The van der Waals surface area contributed by atoms with Gasteiger partial charge in [0.15, 0.2) is 0 Å². The maximum absolute atomic E-state index is 13.2. The first-order chi connectivity index (χ1) is 16.6. The molecule has 0 aliphatic carbocycles. The van der Waals surface area contributed by atoms with Crippen LogP contribution in [0.15, 0.2) is 47.5 Å². The Morgan fingerprint density at radius 3 is 2.82 bits per heavy atom. The number of pyridine rings is 1. The highest BCUT2D eigenvalue weighted by molar-refractivity contribution is 7.99. The van der Waals surface area contributed by atoms with Crippen LogP contribution in [0.4, 0.5) is 11.5 Å². The minimum Gasteiger partial charge on any atom is -0.378 e. The first-order valence-electron chi connectivity index (χ1n) is 10.9. The lowest BCUT2D eigenvalue weighted by atomic mass is 10.2. The van der Waals surface area contributed by atoms with E-state index in [-0.39, 0.29) is 11.7 Å². The van der Waals surface area contributed by atoms with E-state index in [2.05, 4.69) is 30.6 Å². The zero-order valence-corrected chi connectivity index (χ0v) is 19.4. The molecule has 0 spiro atoms. The number of fused-ring (bicyclic) bond motifs is 1. The van der Waals surface area contributed by atoms with Crippen molar-refractivity contribution in [3.8, 4) is 0 Å². The van der Waals surface area contributed by atoms with Crippen molar-refractivity contribution in [2.45, 2.75) is 17.5 Å². The van der Waals surface area contributed by atoms with Crippen LogP contribution in [0.2, 0.25) is 0 Å². The van der Waals surface area contributed by atoms with E-state index < -0.39 is 11.9 Å². The number of nitrogens with zero attached hydrogens (tertiary/aromatic N) is 7. The summed E-state index contributed by atoms with van der Waals surface area (Å²) in [5.74, 6) is 0.358. The van der Waals surface area contributed by atoms with E-state index in [4.69, 9.17) is 4.74 Å². The van der Waals surface area contributed by atoms with Gasteiger partial charge in [-0.15, -0.1) is 22.0 Å². The molecule has 1 saturated heterocycles. The van der Waals surface area contributed by atoms with Crippen LogP contribution in [0.3, 0.4) is 0 Å². The SMILES string of the molecule is CN1C(=O)[C@@H](NC(=O)c2nnn(Cc3ccccc3)n2)CSc2cnc(N3CCOCC3)cc21. The Kier molecular flexibility index (Phi) is 6.41. The fourth-order valence-corrected chi connectivity index (χ4v) is 4.87. The number of aromatic nitrogens is 5. The molecule has 2 aliphatic heterocycles. The Morgan fingerprint density at radius 1 is 1.24 bits per heavy atom. The summed E-state index contributed by atoms with van der Waals surface area (Å²) in [6, 6.07) is 10.8. The van der Waals surface area contributed by atoms with E-state index >= 15 is 0 Å². The van der Waals surface area contributed by atoms with Gasteiger partial charge in [0.1, 0.15) is 11.9 Å². The summed E-state index contributed by atoms with van der Waals surface area (Å²) < 4.78 is 5.42. The first kappa shape index (κ1) is 22.3. The number of hydrogen-bond acceptors (Lipinski definition) is 9. The Balaban J connectivity index is 1.27. The molecular formula is C22H24N8O3S. The molecule has 176 valence electrons. The largest absolute Gasteiger partial charge is 0.378 e. The Labute approximate surface area is 200 Å². The molecule has 1 N–H and O–H groups in total. The molecule has 2 aliphatic rings. The molecule has 11 nitrogen and oxygen atoms in total. The van der Waals surface area contributed by atoms with E-state index in [9.17, 15) is 9.59 Å². The highest BCUT2D eigenvalue weighted by atomic mass is 32.2. The Morgan fingerprint density at radius 2 is 2.03 bits per heavy atom. The smallest absolute Gasteiger partial charge is 0.293 e. The number of likely N-dealkylation sites (N-methyl/N-ethyl adjacent to an activating group) is 1. The second kappa shape index (κ2) is 9.77. The molecule has 0 radical (unpaired) electrons. The summed E-state index contributed by atoms with van der Waals surface area (Å²) in [6.45, 7) is 3.22. The van der Waals surface area contributed by atoms with Crippen LogP contribution in [0.5, 0.6) is 0 Å². The first-order valence-corrected chi connectivity index (χ1v) is 11.9. The average molecular weight is 481 g/mol. The van der Waals surface area contributed by atoms with Gasteiger partial charge >= 0.3 is 0 Å². The van der Waals surface area contributed by atoms with Crippen molar-refractivity contribution in [3.05, 3.63) is 54.0 Å². The number of anilines is 2. The van der Waals surface area contributed by atoms with Crippen LogP contribution in [-0.4, -0.2) is 82.2 Å². The number of hydrogen-bond donors (Lipinski definition) is 1. The molecular weight excluding hydrogens is 456 g/mol. The number of ether oxygens (including phenoxy) is 1.